The highest BCUT2D eigenvalue weighted by Gasteiger charge is 2.19. The monoisotopic (exact) mass is 609 g/mol. The number of ether oxygens (including phenoxy) is 1. The van der Waals surface area contributed by atoms with E-state index in [2.05, 4.69) is 31.3 Å². The van der Waals surface area contributed by atoms with Gasteiger partial charge in [0.25, 0.3) is 0 Å². The Hall–Kier alpha value is -1.89. The van der Waals surface area contributed by atoms with E-state index in [0.29, 0.717) is 38.6 Å². The average Bonchev–Trinajstić information content (AvgIpc) is 2.98. The maximum Gasteiger partial charge on any atom is 0.326 e. The van der Waals surface area contributed by atoms with Gasteiger partial charge in [-0.1, -0.05) is 123 Å². The third kappa shape index (κ3) is 28.6. The average molecular weight is 609 g/mol. The van der Waals surface area contributed by atoms with Crippen molar-refractivity contribution >= 4 is 17.8 Å². The van der Waals surface area contributed by atoms with Crippen LogP contribution in [-0.4, -0.2) is 41.6 Å². The van der Waals surface area contributed by atoms with Crippen molar-refractivity contribution in [1.82, 2.24) is 5.32 Å². The number of nitrogens with one attached hydrogen (secondary N) is 1. The molecule has 0 aliphatic carbocycles. The molecule has 0 rings (SSSR count). The van der Waals surface area contributed by atoms with E-state index < -0.39 is 12.0 Å². The lowest BCUT2D eigenvalue weighted by atomic mass is 10.1. The van der Waals surface area contributed by atoms with Gasteiger partial charge in [0.05, 0.1) is 0 Å². The Kier molecular flexibility index (Phi) is 30.1. The van der Waals surface area contributed by atoms with E-state index in [0.717, 1.165) is 44.9 Å². The summed E-state index contributed by atoms with van der Waals surface area (Å²) in [6, 6.07) is -0.866. The van der Waals surface area contributed by atoms with Crippen LogP contribution in [-0.2, 0) is 19.1 Å². The molecule has 2 atom stereocenters. The number of rotatable bonds is 32. The molecule has 2 unspecified atom stereocenters. The Morgan fingerprint density at radius 2 is 1.19 bits per heavy atom. The maximum absolute atomic E-state index is 12.6. The zero-order chi connectivity index (χ0) is 31.8. The number of carbonyl (C=O) groups excluding carboxylic acids is 2. The largest absolute Gasteiger partial charge is 0.480 e. The van der Waals surface area contributed by atoms with E-state index in [9.17, 15) is 19.5 Å². The normalized spacial score (nSPS) is 12.8. The summed E-state index contributed by atoms with van der Waals surface area (Å²) < 4.78 is 5.88. The van der Waals surface area contributed by atoms with E-state index >= 15 is 0 Å². The lowest BCUT2D eigenvalue weighted by Gasteiger charge is -2.15. The van der Waals surface area contributed by atoms with Crippen LogP contribution in [0.4, 0.5) is 0 Å². The molecule has 252 valence electrons. The molecule has 4 N–H and O–H groups in total. The maximum atomic E-state index is 12.6. The van der Waals surface area contributed by atoms with Crippen molar-refractivity contribution in [3.63, 3.8) is 0 Å². The molecular weight excluding hydrogens is 540 g/mol. The number of esters is 1. The Morgan fingerprint density at radius 1 is 0.674 bits per heavy atom. The molecule has 7 heteroatoms. The van der Waals surface area contributed by atoms with E-state index in [4.69, 9.17) is 10.5 Å². The Balaban J connectivity index is 4.39. The van der Waals surface area contributed by atoms with Crippen LogP contribution in [0.5, 0.6) is 0 Å². The first-order valence-corrected chi connectivity index (χ1v) is 18.0. The van der Waals surface area contributed by atoms with Crippen molar-refractivity contribution in [2.45, 2.75) is 193 Å². The number of carbonyl (C=O) groups is 3. The third-order valence-corrected chi connectivity index (χ3v) is 8.07. The van der Waals surface area contributed by atoms with Crippen LogP contribution >= 0.6 is 0 Å². The van der Waals surface area contributed by atoms with Crippen molar-refractivity contribution in [1.29, 1.82) is 0 Å². The van der Waals surface area contributed by atoms with Gasteiger partial charge in [-0.25, -0.2) is 4.79 Å². The molecule has 0 aliphatic heterocycles. The number of hydrogen-bond donors (Lipinski definition) is 3. The van der Waals surface area contributed by atoms with Gasteiger partial charge in [0.15, 0.2) is 0 Å². The SMILES string of the molecule is CCCCCCCCC/C=C\C(CCCCCCC(=O)NC(CCCN)C(=O)O)OC(=O)CCCCCCCCCCC. The minimum Gasteiger partial charge on any atom is -0.480 e. The van der Waals surface area contributed by atoms with Crippen LogP contribution in [0.2, 0.25) is 0 Å². The summed E-state index contributed by atoms with van der Waals surface area (Å²) in [4.78, 5) is 36.1. The van der Waals surface area contributed by atoms with Crippen molar-refractivity contribution in [3.05, 3.63) is 12.2 Å². The highest BCUT2D eigenvalue weighted by atomic mass is 16.5. The van der Waals surface area contributed by atoms with E-state index in [1.54, 1.807) is 0 Å². The Labute approximate surface area is 264 Å². The summed E-state index contributed by atoms with van der Waals surface area (Å²) in [6.45, 7) is 4.89. The molecule has 0 aromatic carbocycles. The highest BCUT2D eigenvalue weighted by molar-refractivity contribution is 5.83. The van der Waals surface area contributed by atoms with Crippen LogP contribution < -0.4 is 11.1 Å². The summed E-state index contributed by atoms with van der Waals surface area (Å²) in [5, 5.41) is 11.9. The highest BCUT2D eigenvalue weighted by Crippen LogP contribution is 2.15. The number of nitrogens with two attached hydrogens (primary N) is 1. The van der Waals surface area contributed by atoms with Crippen LogP contribution in [0.3, 0.4) is 0 Å². The first kappa shape index (κ1) is 41.1. The number of carboxylic acids is 1. The summed E-state index contributed by atoms with van der Waals surface area (Å²) in [5.74, 6) is -1.32. The molecule has 43 heavy (non-hydrogen) atoms. The Bertz CT molecular complexity index is 697. The standard InChI is InChI=1S/C36H68N2O5/c1-3-5-7-9-11-13-15-17-21-26-32(43-35(40)30-24-18-16-14-12-10-8-6-4-2)27-22-19-20-23-29-34(39)38-33(36(41)42)28-25-31-37/h21,26,32-33H,3-20,22-25,27-31,37H2,1-2H3,(H,38,39)(H,41,42)/b26-21-. The van der Waals surface area contributed by atoms with Gasteiger partial charge in [-0.2, -0.15) is 0 Å². The lowest BCUT2D eigenvalue weighted by molar-refractivity contribution is -0.147. The number of aliphatic carboxylic acids is 1. The van der Waals surface area contributed by atoms with Crippen LogP contribution in [0.25, 0.3) is 0 Å². The third-order valence-electron chi connectivity index (χ3n) is 8.07. The fraction of sp³-hybridized carbons (Fsp3) is 0.861. The first-order valence-electron chi connectivity index (χ1n) is 18.0. The topological polar surface area (TPSA) is 119 Å². The first-order chi connectivity index (χ1) is 20.9. The van der Waals surface area contributed by atoms with Gasteiger partial charge in [-0.15, -0.1) is 0 Å². The Morgan fingerprint density at radius 3 is 1.74 bits per heavy atom. The van der Waals surface area contributed by atoms with E-state index in [-0.39, 0.29) is 18.0 Å². The lowest BCUT2D eigenvalue weighted by Crippen LogP contribution is -2.40. The minimum atomic E-state index is -1.01. The second-order valence-corrected chi connectivity index (χ2v) is 12.3. The second-order valence-electron chi connectivity index (χ2n) is 12.3. The number of hydrogen-bond acceptors (Lipinski definition) is 5. The predicted molar refractivity (Wildman–Crippen MR) is 179 cm³/mol. The molecule has 0 radical (unpaired) electrons. The van der Waals surface area contributed by atoms with E-state index in [1.165, 1.54) is 89.9 Å². The quantitative estimate of drug-likeness (QED) is 0.0398. The molecule has 0 saturated carbocycles. The molecule has 7 nitrogen and oxygen atoms in total. The second kappa shape index (κ2) is 31.5. The number of allylic oxidation sites excluding steroid dienone is 1. The van der Waals surface area contributed by atoms with Gasteiger partial charge in [0.2, 0.25) is 5.91 Å². The molecular formula is C36H68N2O5. The fourth-order valence-corrected chi connectivity index (χ4v) is 5.30. The number of carboxylic acid groups (broad SMARTS) is 1. The molecule has 0 aliphatic rings. The predicted octanol–water partition coefficient (Wildman–Crippen LogP) is 9.16. The number of amides is 1. The van der Waals surface area contributed by atoms with Gasteiger partial charge in [0.1, 0.15) is 12.1 Å². The summed E-state index contributed by atoms with van der Waals surface area (Å²) in [7, 11) is 0. The zero-order valence-corrected chi connectivity index (χ0v) is 28.1. The summed E-state index contributed by atoms with van der Waals surface area (Å²) in [6.07, 6.45) is 31.2. The van der Waals surface area contributed by atoms with Gasteiger partial charge in [-0.3, -0.25) is 9.59 Å². The van der Waals surface area contributed by atoms with Gasteiger partial charge < -0.3 is 20.9 Å². The van der Waals surface area contributed by atoms with Crippen molar-refractivity contribution in [3.8, 4) is 0 Å². The van der Waals surface area contributed by atoms with Gasteiger partial charge >= 0.3 is 11.9 Å². The van der Waals surface area contributed by atoms with Gasteiger partial charge in [-0.05, 0) is 64.0 Å². The molecule has 0 aromatic heterocycles. The molecule has 0 spiro atoms. The van der Waals surface area contributed by atoms with Crippen molar-refractivity contribution in [2.24, 2.45) is 5.73 Å². The molecule has 1 amide bonds. The minimum absolute atomic E-state index is 0.0900. The molecule has 0 fully saturated rings. The van der Waals surface area contributed by atoms with Crippen molar-refractivity contribution in [2.75, 3.05) is 6.54 Å². The summed E-state index contributed by atoms with van der Waals surface area (Å²) >= 11 is 0. The van der Waals surface area contributed by atoms with E-state index in [1.807, 2.05) is 0 Å². The summed E-state index contributed by atoms with van der Waals surface area (Å²) in [5.41, 5.74) is 5.46. The van der Waals surface area contributed by atoms with Crippen LogP contribution in [0.15, 0.2) is 12.2 Å². The molecule has 0 bridgehead atoms. The van der Waals surface area contributed by atoms with Gasteiger partial charge in [0, 0.05) is 12.8 Å². The smallest absolute Gasteiger partial charge is 0.326 e. The molecule has 0 aromatic rings. The van der Waals surface area contributed by atoms with Crippen LogP contribution in [0.1, 0.15) is 181 Å². The zero-order valence-electron chi connectivity index (χ0n) is 28.1. The fourth-order valence-electron chi connectivity index (χ4n) is 5.30. The molecule has 0 saturated heterocycles. The number of unbranched alkanes of at least 4 members (excludes halogenated alkanes) is 18. The van der Waals surface area contributed by atoms with Crippen LogP contribution in [0, 0.1) is 0 Å². The molecule has 0 heterocycles. The van der Waals surface area contributed by atoms with Crippen molar-refractivity contribution < 1.29 is 24.2 Å².